The highest BCUT2D eigenvalue weighted by Gasteiger charge is 2.39. The molecule has 0 aromatic carbocycles. The molecular formula is C15H26N2OS. The molecule has 19 heavy (non-hydrogen) atoms. The van der Waals surface area contributed by atoms with E-state index in [2.05, 4.69) is 50.2 Å². The second kappa shape index (κ2) is 6.35. The Labute approximate surface area is 121 Å². The van der Waals surface area contributed by atoms with Gasteiger partial charge in [0.1, 0.15) is 0 Å². The van der Waals surface area contributed by atoms with E-state index in [9.17, 15) is 0 Å². The van der Waals surface area contributed by atoms with Crippen molar-refractivity contribution in [3.63, 3.8) is 0 Å². The molecule has 2 heterocycles. The largest absolute Gasteiger partial charge is 0.379 e. The van der Waals surface area contributed by atoms with E-state index >= 15 is 0 Å². The number of morpholine rings is 1. The highest BCUT2D eigenvalue weighted by molar-refractivity contribution is 7.12. The molecule has 0 spiro atoms. The number of thiophene rings is 1. The monoisotopic (exact) mass is 282 g/mol. The lowest BCUT2D eigenvalue weighted by Crippen LogP contribution is -2.57. The zero-order valence-electron chi connectivity index (χ0n) is 12.5. The van der Waals surface area contributed by atoms with E-state index in [0.29, 0.717) is 6.04 Å². The Balaban J connectivity index is 2.25. The van der Waals surface area contributed by atoms with Crippen LogP contribution in [0.1, 0.15) is 36.1 Å². The molecule has 1 aromatic rings. The van der Waals surface area contributed by atoms with Crippen LogP contribution >= 0.6 is 11.3 Å². The molecule has 2 rings (SSSR count). The summed E-state index contributed by atoms with van der Waals surface area (Å²) >= 11 is 1.91. The smallest absolute Gasteiger partial charge is 0.0596 e. The van der Waals surface area contributed by atoms with Crippen LogP contribution in [0.3, 0.4) is 0 Å². The lowest BCUT2D eigenvalue weighted by molar-refractivity contribution is -0.0314. The van der Waals surface area contributed by atoms with E-state index in [1.165, 1.54) is 9.75 Å². The molecule has 0 bridgehead atoms. The van der Waals surface area contributed by atoms with E-state index in [-0.39, 0.29) is 5.54 Å². The number of rotatable bonds is 5. The third-order valence-electron chi connectivity index (χ3n) is 4.41. The van der Waals surface area contributed by atoms with Gasteiger partial charge in [-0.2, -0.15) is 0 Å². The van der Waals surface area contributed by atoms with Gasteiger partial charge in [-0.25, -0.2) is 0 Å². The van der Waals surface area contributed by atoms with Crippen LogP contribution in [0.5, 0.6) is 0 Å². The van der Waals surface area contributed by atoms with Gasteiger partial charge >= 0.3 is 0 Å². The lowest BCUT2D eigenvalue weighted by atomic mass is 9.86. The fraction of sp³-hybridized carbons (Fsp3) is 0.733. The van der Waals surface area contributed by atoms with E-state index in [1.807, 2.05) is 11.3 Å². The van der Waals surface area contributed by atoms with Crippen molar-refractivity contribution in [1.29, 1.82) is 0 Å². The number of hydrogen-bond donors (Lipinski definition) is 1. The standard InChI is InChI=1S/C15H26N2OS/c1-5-15(3,17-8-10-18-11-9-17)14(16-4)13-7-6-12(2)19-13/h6-7,14,16H,5,8-11H2,1-4H3. The summed E-state index contributed by atoms with van der Waals surface area (Å²) in [6, 6.07) is 4.88. The molecule has 0 radical (unpaired) electrons. The van der Waals surface area contributed by atoms with Crippen molar-refractivity contribution in [3.8, 4) is 0 Å². The Morgan fingerprint density at radius 2 is 2.11 bits per heavy atom. The Morgan fingerprint density at radius 3 is 2.58 bits per heavy atom. The molecule has 1 aliphatic rings. The number of likely N-dealkylation sites (N-methyl/N-ethyl adjacent to an activating group) is 1. The van der Waals surface area contributed by atoms with Gasteiger partial charge in [0.15, 0.2) is 0 Å². The Hall–Kier alpha value is -0.420. The maximum atomic E-state index is 5.50. The molecule has 0 amide bonds. The molecule has 4 heteroatoms. The summed E-state index contributed by atoms with van der Waals surface area (Å²) in [6.45, 7) is 10.6. The van der Waals surface area contributed by atoms with Gasteiger partial charge in [0, 0.05) is 28.4 Å². The second-order valence-corrected chi connectivity index (χ2v) is 6.80. The summed E-state index contributed by atoms with van der Waals surface area (Å²) < 4.78 is 5.50. The first-order chi connectivity index (χ1) is 9.11. The van der Waals surface area contributed by atoms with E-state index in [1.54, 1.807) is 0 Å². The average Bonchev–Trinajstić information content (AvgIpc) is 2.86. The van der Waals surface area contributed by atoms with Crippen LogP contribution in [0.2, 0.25) is 0 Å². The quantitative estimate of drug-likeness (QED) is 0.899. The first-order valence-corrected chi connectivity index (χ1v) is 8.00. The predicted octanol–water partition coefficient (Wildman–Crippen LogP) is 2.82. The van der Waals surface area contributed by atoms with E-state index < -0.39 is 0 Å². The number of ether oxygens (including phenoxy) is 1. The number of nitrogens with one attached hydrogen (secondary N) is 1. The topological polar surface area (TPSA) is 24.5 Å². The fourth-order valence-corrected chi connectivity index (χ4v) is 4.19. The molecule has 3 nitrogen and oxygen atoms in total. The summed E-state index contributed by atoms with van der Waals surface area (Å²) in [7, 11) is 2.08. The van der Waals surface area contributed by atoms with Crippen molar-refractivity contribution >= 4 is 11.3 Å². The zero-order chi connectivity index (χ0) is 13.9. The van der Waals surface area contributed by atoms with Crippen molar-refractivity contribution < 1.29 is 4.74 Å². The summed E-state index contributed by atoms with van der Waals surface area (Å²) in [5.41, 5.74) is 0.149. The van der Waals surface area contributed by atoms with Crippen LogP contribution in [0.15, 0.2) is 12.1 Å². The summed E-state index contributed by atoms with van der Waals surface area (Å²) in [5.74, 6) is 0. The van der Waals surface area contributed by atoms with Crippen LogP contribution in [-0.4, -0.2) is 43.8 Å². The molecule has 1 N–H and O–H groups in total. The number of aryl methyl sites for hydroxylation is 1. The van der Waals surface area contributed by atoms with Crippen molar-refractivity contribution in [2.75, 3.05) is 33.4 Å². The van der Waals surface area contributed by atoms with Crippen LogP contribution in [-0.2, 0) is 4.74 Å². The fourth-order valence-electron chi connectivity index (χ4n) is 3.05. The third kappa shape index (κ3) is 3.02. The Morgan fingerprint density at radius 1 is 1.42 bits per heavy atom. The Bertz CT molecular complexity index is 401. The van der Waals surface area contributed by atoms with Gasteiger partial charge in [0.25, 0.3) is 0 Å². The van der Waals surface area contributed by atoms with Gasteiger partial charge in [-0.3, -0.25) is 4.90 Å². The maximum absolute atomic E-state index is 5.50. The van der Waals surface area contributed by atoms with E-state index in [4.69, 9.17) is 4.74 Å². The molecule has 1 saturated heterocycles. The number of hydrogen-bond acceptors (Lipinski definition) is 4. The van der Waals surface area contributed by atoms with Crippen LogP contribution in [0.4, 0.5) is 0 Å². The molecule has 2 unspecified atom stereocenters. The zero-order valence-corrected chi connectivity index (χ0v) is 13.3. The highest BCUT2D eigenvalue weighted by Crippen LogP contribution is 2.37. The molecule has 108 valence electrons. The third-order valence-corrected chi connectivity index (χ3v) is 5.47. The molecule has 1 aliphatic heterocycles. The van der Waals surface area contributed by atoms with Crippen molar-refractivity contribution in [3.05, 3.63) is 21.9 Å². The minimum Gasteiger partial charge on any atom is -0.379 e. The highest BCUT2D eigenvalue weighted by atomic mass is 32.1. The van der Waals surface area contributed by atoms with E-state index in [0.717, 1.165) is 32.7 Å². The lowest BCUT2D eigenvalue weighted by Gasteiger charge is -2.47. The van der Waals surface area contributed by atoms with Crippen LogP contribution < -0.4 is 5.32 Å². The summed E-state index contributed by atoms with van der Waals surface area (Å²) in [6.07, 6.45) is 1.13. The minimum absolute atomic E-state index is 0.149. The average molecular weight is 282 g/mol. The molecule has 2 atom stereocenters. The second-order valence-electron chi connectivity index (χ2n) is 5.48. The first kappa shape index (κ1) is 15.0. The summed E-state index contributed by atoms with van der Waals surface area (Å²) in [4.78, 5) is 5.42. The maximum Gasteiger partial charge on any atom is 0.0596 e. The molecule has 1 aromatic heterocycles. The van der Waals surface area contributed by atoms with Crippen molar-refractivity contribution in [2.24, 2.45) is 0 Å². The van der Waals surface area contributed by atoms with Gasteiger partial charge in [0.05, 0.1) is 19.3 Å². The van der Waals surface area contributed by atoms with Gasteiger partial charge in [-0.1, -0.05) is 6.92 Å². The summed E-state index contributed by atoms with van der Waals surface area (Å²) in [5, 5.41) is 3.55. The predicted molar refractivity (Wildman–Crippen MR) is 81.9 cm³/mol. The van der Waals surface area contributed by atoms with Crippen molar-refractivity contribution in [1.82, 2.24) is 10.2 Å². The molecule has 1 fully saturated rings. The first-order valence-electron chi connectivity index (χ1n) is 7.18. The Kier molecular flexibility index (Phi) is 5.01. The van der Waals surface area contributed by atoms with Gasteiger partial charge in [0.2, 0.25) is 0 Å². The molecule has 0 aliphatic carbocycles. The minimum atomic E-state index is 0.149. The number of nitrogens with zero attached hydrogens (tertiary/aromatic N) is 1. The van der Waals surface area contributed by atoms with Crippen LogP contribution in [0, 0.1) is 6.92 Å². The SMILES string of the molecule is CCC(C)(C(NC)c1ccc(C)s1)N1CCOCC1. The van der Waals surface area contributed by atoms with Gasteiger partial charge in [-0.15, -0.1) is 11.3 Å². The molecular weight excluding hydrogens is 256 g/mol. The van der Waals surface area contributed by atoms with Crippen molar-refractivity contribution in [2.45, 2.75) is 38.8 Å². The van der Waals surface area contributed by atoms with Gasteiger partial charge in [-0.05, 0) is 39.4 Å². The molecule has 0 saturated carbocycles. The van der Waals surface area contributed by atoms with Gasteiger partial charge < -0.3 is 10.1 Å². The normalized spacial score (nSPS) is 22.1. The van der Waals surface area contributed by atoms with Crippen LogP contribution in [0.25, 0.3) is 0 Å².